The van der Waals surface area contributed by atoms with Crippen LogP contribution in [0.1, 0.15) is 44.9 Å². The third kappa shape index (κ3) is 4.07. The maximum atomic E-state index is 13.5. The van der Waals surface area contributed by atoms with Crippen LogP contribution in [-0.4, -0.2) is 65.9 Å². The summed E-state index contributed by atoms with van der Waals surface area (Å²) >= 11 is 6.47. The number of amides is 2. The maximum absolute atomic E-state index is 13.5. The van der Waals surface area contributed by atoms with Crippen LogP contribution in [0.2, 0.25) is 5.02 Å². The molecule has 30 heavy (non-hydrogen) atoms. The summed E-state index contributed by atoms with van der Waals surface area (Å²) in [7, 11) is 1.29. The zero-order chi connectivity index (χ0) is 21.3. The SMILES string of the molecule is COC(=O)Nc1cnc(N2CCC[C@]3(CCN([C@H]4CC[C@H](O)CC4)C3=O)C2)c(Cl)c1. The highest BCUT2D eigenvalue weighted by atomic mass is 35.5. The number of hydrogen-bond donors (Lipinski definition) is 2. The number of methoxy groups -OCH3 is 1. The molecule has 1 saturated carbocycles. The second kappa shape index (κ2) is 8.59. The number of hydrogen-bond acceptors (Lipinski definition) is 6. The number of aliphatic hydroxyl groups excluding tert-OH is 1. The lowest BCUT2D eigenvalue weighted by atomic mass is 9.78. The van der Waals surface area contributed by atoms with E-state index in [0.29, 0.717) is 23.1 Å². The molecule has 1 aromatic rings. The molecule has 1 atom stereocenters. The number of halogens is 1. The smallest absolute Gasteiger partial charge is 0.411 e. The second-order valence-corrected chi connectivity index (χ2v) is 9.07. The fraction of sp³-hybridized carbons (Fsp3) is 0.667. The van der Waals surface area contributed by atoms with E-state index in [1.165, 1.54) is 7.11 Å². The lowest BCUT2D eigenvalue weighted by Gasteiger charge is -2.41. The molecule has 1 aliphatic carbocycles. The van der Waals surface area contributed by atoms with Gasteiger partial charge < -0.3 is 19.6 Å². The van der Waals surface area contributed by atoms with Crippen LogP contribution < -0.4 is 10.2 Å². The van der Waals surface area contributed by atoms with Crippen LogP contribution in [0.15, 0.2) is 12.3 Å². The van der Waals surface area contributed by atoms with E-state index >= 15 is 0 Å². The molecule has 0 aromatic carbocycles. The van der Waals surface area contributed by atoms with Crippen molar-refractivity contribution in [3.8, 4) is 0 Å². The number of carbonyl (C=O) groups is 2. The Morgan fingerprint density at radius 3 is 2.77 bits per heavy atom. The zero-order valence-corrected chi connectivity index (χ0v) is 18.0. The van der Waals surface area contributed by atoms with E-state index in [9.17, 15) is 14.7 Å². The molecule has 8 nitrogen and oxygen atoms in total. The topological polar surface area (TPSA) is 95.0 Å². The number of aromatic nitrogens is 1. The molecule has 164 valence electrons. The van der Waals surface area contributed by atoms with Gasteiger partial charge in [0.1, 0.15) is 5.82 Å². The molecule has 2 amide bonds. The number of likely N-dealkylation sites (tertiary alicyclic amines) is 1. The van der Waals surface area contributed by atoms with E-state index in [1.807, 2.05) is 0 Å². The molecule has 9 heteroatoms. The first-order chi connectivity index (χ1) is 14.4. The van der Waals surface area contributed by atoms with E-state index in [1.54, 1.807) is 12.3 Å². The second-order valence-electron chi connectivity index (χ2n) is 8.66. The van der Waals surface area contributed by atoms with Gasteiger partial charge in [-0.2, -0.15) is 0 Å². The highest BCUT2D eigenvalue weighted by Gasteiger charge is 2.51. The molecule has 2 saturated heterocycles. The van der Waals surface area contributed by atoms with Gasteiger partial charge in [0.25, 0.3) is 0 Å². The summed E-state index contributed by atoms with van der Waals surface area (Å²) in [5.41, 5.74) is 0.0762. The lowest BCUT2D eigenvalue weighted by molar-refractivity contribution is -0.139. The van der Waals surface area contributed by atoms with Gasteiger partial charge in [-0.3, -0.25) is 10.1 Å². The van der Waals surface area contributed by atoms with E-state index in [2.05, 4.69) is 24.8 Å². The third-order valence-corrected chi connectivity index (χ3v) is 7.06. The Morgan fingerprint density at radius 2 is 2.07 bits per heavy atom. The normalized spacial score (nSPS) is 29.4. The van der Waals surface area contributed by atoms with Gasteiger partial charge in [-0.25, -0.2) is 9.78 Å². The highest BCUT2D eigenvalue weighted by molar-refractivity contribution is 6.33. The molecule has 1 spiro atoms. The Balaban J connectivity index is 1.47. The van der Waals surface area contributed by atoms with Crippen molar-refractivity contribution in [2.45, 2.75) is 57.1 Å². The molecule has 3 aliphatic rings. The van der Waals surface area contributed by atoms with E-state index in [-0.39, 0.29) is 23.5 Å². The largest absolute Gasteiger partial charge is 0.453 e. The summed E-state index contributed by atoms with van der Waals surface area (Å²) in [4.78, 5) is 33.5. The van der Waals surface area contributed by atoms with Gasteiger partial charge in [-0.15, -0.1) is 0 Å². The Bertz CT molecular complexity index is 814. The van der Waals surface area contributed by atoms with Crippen LogP contribution in [0.5, 0.6) is 0 Å². The number of pyridine rings is 1. The zero-order valence-electron chi connectivity index (χ0n) is 17.3. The number of piperidine rings is 1. The van der Waals surface area contributed by atoms with Gasteiger partial charge in [-0.05, 0) is 51.0 Å². The summed E-state index contributed by atoms with van der Waals surface area (Å²) in [5.74, 6) is 0.881. The van der Waals surface area contributed by atoms with Crippen LogP contribution in [0.25, 0.3) is 0 Å². The van der Waals surface area contributed by atoms with Crippen LogP contribution in [0.3, 0.4) is 0 Å². The Kier molecular flexibility index (Phi) is 6.06. The first-order valence-corrected chi connectivity index (χ1v) is 11.0. The van der Waals surface area contributed by atoms with Crippen molar-refractivity contribution < 1.29 is 19.4 Å². The van der Waals surface area contributed by atoms with E-state index in [0.717, 1.165) is 58.0 Å². The van der Waals surface area contributed by atoms with Gasteiger partial charge in [0.2, 0.25) is 5.91 Å². The minimum absolute atomic E-state index is 0.219. The quantitative estimate of drug-likeness (QED) is 0.756. The number of carbonyl (C=O) groups excluding carboxylic acids is 2. The van der Waals surface area contributed by atoms with Crippen molar-refractivity contribution in [2.75, 3.05) is 37.0 Å². The molecular formula is C21H29ClN4O4. The number of anilines is 2. The molecule has 1 aromatic heterocycles. The van der Waals surface area contributed by atoms with Crippen LogP contribution in [0, 0.1) is 5.41 Å². The summed E-state index contributed by atoms with van der Waals surface area (Å²) in [5, 5.41) is 12.8. The molecule has 2 N–H and O–H groups in total. The van der Waals surface area contributed by atoms with Gasteiger partial charge in [-0.1, -0.05) is 11.6 Å². The fourth-order valence-electron chi connectivity index (χ4n) is 5.16. The minimum atomic E-state index is -0.579. The Labute approximate surface area is 181 Å². The molecule has 3 fully saturated rings. The maximum Gasteiger partial charge on any atom is 0.411 e. The van der Waals surface area contributed by atoms with Crippen molar-refractivity contribution in [3.63, 3.8) is 0 Å². The molecule has 4 rings (SSSR count). The molecule has 0 unspecified atom stereocenters. The van der Waals surface area contributed by atoms with Crippen molar-refractivity contribution >= 4 is 35.1 Å². The molecular weight excluding hydrogens is 408 g/mol. The molecule has 2 aliphatic heterocycles. The van der Waals surface area contributed by atoms with Gasteiger partial charge in [0.15, 0.2) is 0 Å². The summed E-state index contributed by atoms with van der Waals surface area (Å²) in [6.07, 6.45) is 6.71. The van der Waals surface area contributed by atoms with Crippen molar-refractivity contribution in [3.05, 3.63) is 17.3 Å². The number of ether oxygens (including phenoxy) is 1. The van der Waals surface area contributed by atoms with E-state index in [4.69, 9.17) is 11.6 Å². The fourth-order valence-corrected chi connectivity index (χ4v) is 5.44. The number of nitrogens with one attached hydrogen (secondary N) is 1. The van der Waals surface area contributed by atoms with E-state index < -0.39 is 6.09 Å². The molecule has 3 heterocycles. The van der Waals surface area contributed by atoms with Gasteiger partial charge in [0.05, 0.1) is 35.5 Å². The highest BCUT2D eigenvalue weighted by Crippen LogP contribution is 2.44. The number of aliphatic hydroxyl groups is 1. The van der Waals surface area contributed by atoms with Crippen molar-refractivity contribution in [1.29, 1.82) is 0 Å². The predicted molar refractivity (Wildman–Crippen MR) is 114 cm³/mol. The minimum Gasteiger partial charge on any atom is -0.453 e. The number of nitrogens with zero attached hydrogens (tertiary/aromatic N) is 3. The standard InChI is InChI=1S/C21H29ClN4O4/c1-30-20(29)24-14-11-17(22)18(23-12-14)25-9-2-7-21(13-25)8-10-26(19(21)28)15-3-5-16(27)6-4-15/h11-12,15-16,27H,2-10,13H2,1H3,(H,24,29)/t15-,16-,21-/m0/s1. The van der Waals surface area contributed by atoms with Crippen LogP contribution in [-0.2, 0) is 9.53 Å². The molecule has 0 bridgehead atoms. The average Bonchev–Trinajstić information content (AvgIpc) is 3.04. The van der Waals surface area contributed by atoms with Crippen LogP contribution >= 0.6 is 11.6 Å². The monoisotopic (exact) mass is 436 g/mol. The molecule has 0 radical (unpaired) electrons. The third-order valence-electron chi connectivity index (χ3n) is 6.78. The summed E-state index contributed by atoms with van der Waals surface area (Å²) in [6, 6.07) is 1.90. The summed E-state index contributed by atoms with van der Waals surface area (Å²) in [6.45, 7) is 2.19. The Morgan fingerprint density at radius 1 is 1.30 bits per heavy atom. The first-order valence-electron chi connectivity index (χ1n) is 10.7. The number of rotatable bonds is 3. The Hall–Kier alpha value is -2.06. The van der Waals surface area contributed by atoms with Crippen LogP contribution in [0.4, 0.5) is 16.3 Å². The predicted octanol–water partition coefficient (Wildman–Crippen LogP) is 3.04. The van der Waals surface area contributed by atoms with Gasteiger partial charge >= 0.3 is 6.09 Å². The first kappa shape index (κ1) is 21.2. The lowest BCUT2D eigenvalue weighted by Crippen LogP contribution is -2.50. The van der Waals surface area contributed by atoms with Gasteiger partial charge in [0, 0.05) is 25.7 Å². The summed E-state index contributed by atoms with van der Waals surface area (Å²) < 4.78 is 4.59. The van der Waals surface area contributed by atoms with Crippen molar-refractivity contribution in [1.82, 2.24) is 9.88 Å². The van der Waals surface area contributed by atoms with Crippen molar-refractivity contribution in [2.24, 2.45) is 5.41 Å². The average molecular weight is 437 g/mol.